The molecule has 0 aliphatic heterocycles. The molecule has 0 bridgehead atoms. The molecule has 0 saturated carbocycles. The number of nitrogens with one attached hydrogen (secondary N) is 2. The highest BCUT2D eigenvalue weighted by atomic mass is 35.5. The SMILES string of the molecule is CNS(=O)(=O)Nc1cc(Cc2c(C)c3cc(Cl)ccc3oc2=O)ccn1. The lowest BCUT2D eigenvalue weighted by molar-refractivity contribution is 0.551. The van der Waals surface area contributed by atoms with Gasteiger partial charge in [0.2, 0.25) is 0 Å². The van der Waals surface area contributed by atoms with Crippen LogP contribution in [0.2, 0.25) is 5.02 Å². The molecule has 0 aliphatic carbocycles. The van der Waals surface area contributed by atoms with Crippen molar-refractivity contribution in [2.75, 3.05) is 11.8 Å². The first-order valence-corrected chi connectivity index (χ1v) is 9.53. The van der Waals surface area contributed by atoms with Crippen LogP contribution in [0.5, 0.6) is 0 Å². The van der Waals surface area contributed by atoms with Crippen molar-refractivity contribution in [2.24, 2.45) is 0 Å². The van der Waals surface area contributed by atoms with E-state index in [4.69, 9.17) is 16.0 Å². The molecule has 3 rings (SSSR count). The number of pyridine rings is 1. The van der Waals surface area contributed by atoms with Crippen LogP contribution in [-0.2, 0) is 16.6 Å². The van der Waals surface area contributed by atoms with E-state index in [1.807, 2.05) is 6.92 Å². The molecular weight excluding hydrogens is 378 g/mol. The molecule has 1 aromatic carbocycles. The molecule has 0 spiro atoms. The molecule has 0 fully saturated rings. The van der Waals surface area contributed by atoms with Gasteiger partial charge in [-0.25, -0.2) is 14.5 Å². The van der Waals surface area contributed by atoms with E-state index >= 15 is 0 Å². The van der Waals surface area contributed by atoms with Crippen molar-refractivity contribution >= 4 is 38.6 Å². The summed E-state index contributed by atoms with van der Waals surface area (Å²) in [5.41, 5.74) is 2.00. The smallest absolute Gasteiger partial charge is 0.340 e. The Morgan fingerprint density at radius 1 is 1.23 bits per heavy atom. The molecule has 0 amide bonds. The molecule has 0 aliphatic rings. The quantitative estimate of drug-likeness (QED) is 0.649. The van der Waals surface area contributed by atoms with E-state index < -0.39 is 15.8 Å². The Hall–Kier alpha value is -2.42. The first-order valence-electron chi connectivity index (χ1n) is 7.67. The summed E-state index contributed by atoms with van der Waals surface area (Å²) in [4.78, 5) is 16.3. The number of benzene rings is 1. The maximum Gasteiger partial charge on any atom is 0.340 e. The summed E-state index contributed by atoms with van der Waals surface area (Å²) in [5, 5.41) is 1.31. The number of hydrogen-bond donors (Lipinski definition) is 2. The zero-order valence-corrected chi connectivity index (χ0v) is 15.6. The molecule has 2 aromatic heterocycles. The van der Waals surface area contributed by atoms with Gasteiger partial charge in [-0.2, -0.15) is 8.42 Å². The predicted molar refractivity (Wildman–Crippen MR) is 101 cm³/mol. The zero-order valence-electron chi connectivity index (χ0n) is 14.0. The monoisotopic (exact) mass is 393 g/mol. The molecule has 2 N–H and O–H groups in total. The second-order valence-electron chi connectivity index (χ2n) is 5.67. The minimum absolute atomic E-state index is 0.155. The van der Waals surface area contributed by atoms with Crippen molar-refractivity contribution < 1.29 is 12.8 Å². The predicted octanol–water partition coefficient (Wildman–Crippen LogP) is 2.62. The van der Waals surface area contributed by atoms with Gasteiger partial charge in [0.15, 0.2) is 0 Å². The van der Waals surface area contributed by atoms with Crippen LogP contribution in [0, 0.1) is 6.92 Å². The number of hydrogen-bond acceptors (Lipinski definition) is 5. The zero-order chi connectivity index (χ0) is 18.9. The van der Waals surface area contributed by atoms with Gasteiger partial charge < -0.3 is 4.42 Å². The van der Waals surface area contributed by atoms with Crippen LogP contribution < -0.4 is 15.1 Å². The van der Waals surface area contributed by atoms with Crippen LogP contribution >= 0.6 is 11.6 Å². The van der Waals surface area contributed by atoms with E-state index in [-0.39, 0.29) is 12.2 Å². The van der Waals surface area contributed by atoms with E-state index in [1.54, 1.807) is 30.3 Å². The number of fused-ring (bicyclic) bond motifs is 1. The first kappa shape index (κ1) is 18.4. The normalized spacial score (nSPS) is 11.7. The molecule has 0 atom stereocenters. The van der Waals surface area contributed by atoms with Crippen molar-refractivity contribution in [1.29, 1.82) is 0 Å². The van der Waals surface area contributed by atoms with E-state index in [1.165, 1.54) is 13.2 Å². The minimum atomic E-state index is -3.67. The van der Waals surface area contributed by atoms with E-state index in [9.17, 15) is 13.2 Å². The molecule has 26 heavy (non-hydrogen) atoms. The van der Waals surface area contributed by atoms with Crippen molar-refractivity contribution in [3.63, 3.8) is 0 Å². The summed E-state index contributed by atoms with van der Waals surface area (Å²) in [5.74, 6) is 0.155. The Labute approximate surface area is 155 Å². The van der Waals surface area contributed by atoms with E-state index in [0.717, 1.165) is 10.9 Å². The molecule has 7 nitrogen and oxygen atoms in total. The number of rotatable bonds is 5. The highest BCUT2D eigenvalue weighted by Crippen LogP contribution is 2.24. The van der Waals surface area contributed by atoms with E-state index in [2.05, 4.69) is 14.4 Å². The Morgan fingerprint density at radius 3 is 2.73 bits per heavy atom. The van der Waals surface area contributed by atoms with Crippen molar-refractivity contribution in [3.05, 3.63) is 68.7 Å². The largest absolute Gasteiger partial charge is 0.423 e. The third-order valence-corrected chi connectivity index (χ3v) is 5.21. The summed E-state index contributed by atoms with van der Waals surface area (Å²) in [6.45, 7) is 1.83. The van der Waals surface area contributed by atoms with Gasteiger partial charge in [0.05, 0.1) is 0 Å². The molecule has 9 heteroatoms. The fourth-order valence-corrected chi connectivity index (χ4v) is 3.26. The van der Waals surface area contributed by atoms with Gasteiger partial charge in [0.1, 0.15) is 11.4 Å². The van der Waals surface area contributed by atoms with Gasteiger partial charge in [-0.1, -0.05) is 11.6 Å². The van der Waals surface area contributed by atoms with Crippen LogP contribution in [0.25, 0.3) is 11.0 Å². The topological polar surface area (TPSA) is 101 Å². The summed E-state index contributed by atoms with van der Waals surface area (Å²) in [6, 6.07) is 8.34. The van der Waals surface area contributed by atoms with Crippen LogP contribution in [0.15, 0.2) is 45.7 Å². The van der Waals surface area contributed by atoms with Crippen molar-refractivity contribution in [1.82, 2.24) is 9.71 Å². The summed E-state index contributed by atoms with van der Waals surface area (Å²) >= 11 is 6.04. The first-order chi connectivity index (χ1) is 12.3. The highest BCUT2D eigenvalue weighted by molar-refractivity contribution is 7.90. The Bertz CT molecular complexity index is 1140. The lowest BCUT2D eigenvalue weighted by Crippen LogP contribution is -2.26. The highest BCUT2D eigenvalue weighted by Gasteiger charge is 2.14. The minimum Gasteiger partial charge on any atom is -0.423 e. The summed E-state index contributed by atoms with van der Waals surface area (Å²) in [7, 11) is -2.38. The van der Waals surface area contributed by atoms with Gasteiger partial charge in [-0.15, -0.1) is 0 Å². The van der Waals surface area contributed by atoms with Crippen molar-refractivity contribution in [3.8, 4) is 0 Å². The van der Waals surface area contributed by atoms with Crippen LogP contribution in [0.4, 0.5) is 5.82 Å². The second kappa shape index (κ2) is 7.06. The lowest BCUT2D eigenvalue weighted by Gasteiger charge is -2.10. The van der Waals surface area contributed by atoms with Crippen molar-refractivity contribution in [2.45, 2.75) is 13.3 Å². The van der Waals surface area contributed by atoms with Gasteiger partial charge >= 0.3 is 5.63 Å². The van der Waals surface area contributed by atoms with E-state index in [0.29, 0.717) is 21.7 Å². The lowest BCUT2D eigenvalue weighted by atomic mass is 10.0. The number of aryl methyl sites for hydroxylation is 1. The standard InChI is InChI=1S/C17H16ClN3O4S/c1-10-13-9-12(18)3-4-15(13)25-17(22)14(10)7-11-5-6-20-16(8-11)21-26(23,24)19-2/h3-6,8-9,19H,7H2,1-2H3,(H,20,21). The molecule has 136 valence electrons. The number of halogens is 1. The Morgan fingerprint density at radius 2 is 2.00 bits per heavy atom. The average Bonchev–Trinajstić information content (AvgIpc) is 2.59. The summed E-state index contributed by atoms with van der Waals surface area (Å²) < 4.78 is 33.0. The van der Waals surface area contributed by atoms with Crippen LogP contribution in [0.3, 0.4) is 0 Å². The fraction of sp³-hybridized carbons (Fsp3) is 0.176. The maximum absolute atomic E-state index is 12.4. The number of aromatic nitrogens is 1. The van der Waals surface area contributed by atoms with Gasteiger partial charge in [0.25, 0.3) is 10.2 Å². The molecule has 3 aromatic rings. The summed E-state index contributed by atoms with van der Waals surface area (Å²) in [6.07, 6.45) is 1.74. The fourth-order valence-electron chi connectivity index (χ4n) is 2.60. The molecule has 0 saturated heterocycles. The van der Waals surface area contributed by atoms with Gasteiger partial charge in [-0.05, 0) is 48.4 Å². The number of anilines is 1. The third kappa shape index (κ3) is 3.87. The van der Waals surface area contributed by atoms with Gasteiger partial charge in [-0.3, -0.25) is 4.72 Å². The molecular formula is C17H16ClN3O4S. The second-order valence-corrected chi connectivity index (χ2v) is 7.72. The Balaban J connectivity index is 2.00. The van der Waals surface area contributed by atoms with Gasteiger partial charge in [0, 0.05) is 35.6 Å². The molecule has 0 radical (unpaired) electrons. The maximum atomic E-state index is 12.4. The average molecular weight is 394 g/mol. The molecule has 0 unspecified atom stereocenters. The van der Waals surface area contributed by atoms with Crippen LogP contribution in [0.1, 0.15) is 16.7 Å². The number of nitrogens with zero attached hydrogens (tertiary/aromatic N) is 1. The van der Waals surface area contributed by atoms with Crippen LogP contribution in [-0.4, -0.2) is 20.4 Å². The molecule has 2 heterocycles. The third-order valence-electron chi connectivity index (χ3n) is 3.96. The Kier molecular flexibility index (Phi) is 4.99.